The minimum atomic E-state index is -4.02. The Bertz CT molecular complexity index is 1610. The molecule has 236 valence electrons. The number of benzene rings is 4. The molecular weight excluding hydrogens is 601 g/mol. The molecule has 0 spiro atoms. The molecule has 4 aromatic rings. The van der Waals surface area contributed by atoms with Crippen LogP contribution < -0.4 is 11.1 Å². The molecule has 9 nitrogen and oxygen atoms in total. The first-order valence-electron chi connectivity index (χ1n) is 14.1. The van der Waals surface area contributed by atoms with Crippen molar-refractivity contribution in [3.05, 3.63) is 131 Å². The monoisotopic (exact) mass is 640 g/mol. The number of aryl methyl sites for hydroxylation is 3. The third-order valence-corrected chi connectivity index (χ3v) is 8.89. The SMILES string of the molecule is Cc1ccc(S(=O)(=O)O)cc1.Cc1ccc(S(=O)(=O)O)cc1.N[C@@H](Cc1ccccc1)[C@H](O)CN[C@@H]1CCc2ccccc21. The predicted octanol–water partition coefficient (Wildman–Crippen LogP) is 4.68. The first-order chi connectivity index (χ1) is 20.7. The Morgan fingerprint density at radius 2 is 1.23 bits per heavy atom. The summed E-state index contributed by atoms with van der Waals surface area (Å²) in [7, 11) is -8.04. The van der Waals surface area contributed by atoms with Gasteiger partial charge in [-0.15, -0.1) is 0 Å². The van der Waals surface area contributed by atoms with Gasteiger partial charge < -0.3 is 16.2 Å². The second-order valence-electron chi connectivity index (χ2n) is 10.7. The number of hydrogen-bond donors (Lipinski definition) is 5. The normalized spacial score (nSPS) is 15.5. The van der Waals surface area contributed by atoms with Crippen molar-refractivity contribution in [2.75, 3.05) is 6.54 Å². The van der Waals surface area contributed by atoms with E-state index in [1.165, 1.54) is 41.0 Å². The van der Waals surface area contributed by atoms with Crippen LogP contribution in [0, 0.1) is 13.8 Å². The molecule has 5 rings (SSSR count). The molecule has 0 saturated heterocycles. The van der Waals surface area contributed by atoms with Crippen LogP contribution >= 0.6 is 0 Å². The van der Waals surface area contributed by atoms with Crippen LogP contribution in [0.5, 0.6) is 0 Å². The molecule has 0 radical (unpaired) electrons. The zero-order chi connectivity index (χ0) is 32.3. The Kier molecular flexibility index (Phi) is 12.8. The third kappa shape index (κ3) is 11.3. The van der Waals surface area contributed by atoms with Crippen molar-refractivity contribution in [1.29, 1.82) is 0 Å². The van der Waals surface area contributed by atoms with Crippen molar-refractivity contribution in [1.82, 2.24) is 5.32 Å². The van der Waals surface area contributed by atoms with Crippen LogP contribution in [0.3, 0.4) is 0 Å². The fraction of sp³-hybridized carbons (Fsp3) is 0.273. The molecular formula is C33H40N2O7S2. The van der Waals surface area contributed by atoms with Crippen LogP contribution in [0.15, 0.2) is 113 Å². The fourth-order valence-corrected chi connectivity index (χ4v) is 5.59. The van der Waals surface area contributed by atoms with Crippen LogP contribution in [-0.2, 0) is 33.1 Å². The topological polar surface area (TPSA) is 167 Å². The van der Waals surface area contributed by atoms with Crippen molar-refractivity contribution >= 4 is 20.2 Å². The second kappa shape index (κ2) is 16.1. The molecule has 0 unspecified atom stereocenters. The molecule has 0 aromatic heterocycles. The summed E-state index contributed by atoms with van der Waals surface area (Å²) in [6, 6.07) is 30.7. The fourth-order valence-electron chi connectivity index (χ4n) is 4.63. The Labute approximate surface area is 260 Å². The van der Waals surface area contributed by atoms with Gasteiger partial charge in [-0.05, 0) is 74.1 Å². The van der Waals surface area contributed by atoms with Gasteiger partial charge in [-0.25, -0.2) is 0 Å². The zero-order valence-electron chi connectivity index (χ0n) is 24.7. The molecule has 0 amide bonds. The summed E-state index contributed by atoms with van der Waals surface area (Å²) >= 11 is 0. The highest BCUT2D eigenvalue weighted by molar-refractivity contribution is 7.86. The molecule has 6 N–H and O–H groups in total. The van der Waals surface area contributed by atoms with Crippen molar-refractivity contribution < 1.29 is 31.0 Å². The molecule has 4 aromatic carbocycles. The third-order valence-electron chi connectivity index (χ3n) is 7.15. The first-order valence-corrected chi connectivity index (χ1v) is 17.0. The Balaban J connectivity index is 0.000000202. The molecule has 1 aliphatic carbocycles. The molecule has 3 atom stereocenters. The number of aliphatic hydroxyl groups excluding tert-OH is 1. The average Bonchev–Trinajstić information content (AvgIpc) is 3.40. The maximum Gasteiger partial charge on any atom is 0.294 e. The molecule has 0 bridgehead atoms. The number of fused-ring (bicyclic) bond motifs is 1. The van der Waals surface area contributed by atoms with Crippen LogP contribution in [-0.4, -0.2) is 49.7 Å². The van der Waals surface area contributed by atoms with Gasteiger partial charge in [-0.2, -0.15) is 16.8 Å². The minimum absolute atomic E-state index is 0.0666. The highest BCUT2D eigenvalue weighted by Gasteiger charge is 2.23. The van der Waals surface area contributed by atoms with Crippen LogP contribution in [0.2, 0.25) is 0 Å². The van der Waals surface area contributed by atoms with E-state index in [0.29, 0.717) is 19.0 Å². The van der Waals surface area contributed by atoms with Gasteiger partial charge in [0.05, 0.1) is 15.9 Å². The highest BCUT2D eigenvalue weighted by Crippen LogP contribution is 2.30. The second-order valence-corrected chi connectivity index (χ2v) is 13.5. The number of aliphatic hydroxyl groups is 1. The lowest BCUT2D eigenvalue weighted by atomic mass is 10.0. The van der Waals surface area contributed by atoms with E-state index in [4.69, 9.17) is 14.8 Å². The summed E-state index contributed by atoms with van der Waals surface area (Å²) in [5.41, 5.74) is 12.0. The van der Waals surface area contributed by atoms with Gasteiger partial charge in [-0.3, -0.25) is 9.11 Å². The van der Waals surface area contributed by atoms with Gasteiger partial charge in [0.25, 0.3) is 20.2 Å². The Morgan fingerprint density at radius 1 is 0.750 bits per heavy atom. The molecule has 11 heteroatoms. The van der Waals surface area contributed by atoms with Gasteiger partial charge in [0, 0.05) is 18.6 Å². The summed E-state index contributed by atoms with van der Waals surface area (Å²) < 4.78 is 59.1. The van der Waals surface area contributed by atoms with Crippen molar-refractivity contribution in [3.63, 3.8) is 0 Å². The van der Waals surface area contributed by atoms with E-state index in [-0.39, 0.29) is 15.8 Å². The van der Waals surface area contributed by atoms with Crippen LogP contribution in [0.4, 0.5) is 0 Å². The van der Waals surface area contributed by atoms with Gasteiger partial charge in [0.15, 0.2) is 0 Å². The molecule has 44 heavy (non-hydrogen) atoms. The minimum Gasteiger partial charge on any atom is -0.390 e. The maximum atomic E-state index is 10.5. The van der Waals surface area contributed by atoms with Crippen molar-refractivity contribution in [2.45, 2.75) is 61.1 Å². The molecule has 1 aliphatic rings. The molecule has 0 saturated carbocycles. The largest absolute Gasteiger partial charge is 0.390 e. The molecule has 0 heterocycles. The van der Waals surface area contributed by atoms with E-state index in [9.17, 15) is 21.9 Å². The van der Waals surface area contributed by atoms with Crippen LogP contribution in [0.25, 0.3) is 0 Å². The number of nitrogens with one attached hydrogen (secondary N) is 1. The average molecular weight is 641 g/mol. The van der Waals surface area contributed by atoms with Gasteiger partial charge in [0.1, 0.15) is 0 Å². The lowest BCUT2D eigenvalue weighted by Crippen LogP contribution is -2.43. The van der Waals surface area contributed by atoms with Gasteiger partial charge in [-0.1, -0.05) is 90.0 Å². The van der Waals surface area contributed by atoms with Gasteiger partial charge >= 0.3 is 0 Å². The predicted molar refractivity (Wildman–Crippen MR) is 172 cm³/mol. The highest BCUT2D eigenvalue weighted by atomic mass is 32.2. The number of hydrogen-bond acceptors (Lipinski definition) is 7. The van der Waals surface area contributed by atoms with E-state index in [0.717, 1.165) is 24.0 Å². The summed E-state index contributed by atoms with van der Waals surface area (Å²) in [6.45, 7) is 4.22. The van der Waals surface area contributed by atoms with Crippen molar-refractivity contribution in [3.8, 4) is 0 Å². The van der Waals surface area contributed by atoms with E-state index >= 15 is 0 Å². The summed E-state index contributed by atoms with van der Waals surface area (Å²) in [6.07, 6.45) is 2.37. The van der Waals surface area contributed by atoms with E-state index < -0.39 is 26.3 Å². The number of rotatable bonds is 8. The summed E-state index contributed by atoms with van der Waals surface area (Å²) in [5.74, 6) is 0. The maximum absolute atomic E-state index is 10.5. The lowest BCUT2D eigenvalue weighted by molar-refractivity contribution is 0.138. The summed E-state index contributed by atoms with van der Waals surface area (Å²) in [5, 5.41) is 13.8. The van der Waals surface area contributed by atoms with Crippen LogP contribution in [0.1, 0.15) is 40.3 Å². The lowest BCUT2D eigenvalue weighted by Gasteiger charge is -2.22. The standard InChI is InChI=1S/C19H24N2O.2C7H8O3S/c20-17(12-14-6-2-1-3-7-14)19(22)13-21-18-11-10-15-8-4-5-9-16(15)18;2*1-6-2-4-7(5-3-6)11(8,9)10/h1-9,17-19,21-22H,10-13,20H2;2*2-5H,1H3,(H,8,9,10)/t17-,18+,19+;;/m0../s1. The smallest absolute Gasteiger partial charge is 0.294 e. The molecule has 0 aliphatic heterocycles. The Hall–Kier alpha value is -3.42. The first kappa shape index (κ1) is 35.1. The Morgan fingerprint density at radius 3 is 1.73 bits per heavy atom. The summed E-state index contributed by atoms with van der Waals surface area (Å²) in [4.78, 5) is -0.133. The van der Waals surface area contributed by atoms with Crippen molar-refractivity contribution in [2.24, 2.45) is 5.73 Å². The quantitative estimate of drug-likeness (QED) is 0.172. The van der Waals surface area contributed by atoms with E-state index in [2.05, 4.69) is 29.6 Å². The number of nitrogens with two attached hydrogens (primary N) is 1. The van der Waals surface area contributed by atoms with E-state index in [1.54, 1.807) is 24.3 Å². The van der Waals surface area contributed by atoms with E-state index in [1.807, 2.05) is 44.2 Å². The van der Waals surface area contributed by atoms with Gasteiger partial charge in [0.2, 0.25) is 0 Å². The zero-order valence-corrected chi connectivity index (χ0v) is 26.4. The molecule has 0 fully saturated rings.